The third-order valence-corrected chi connectivity index (χ3v) is 5.31. The molecule has 9 nitrogen and oxygen atoms in total. The molecule has 29 heavy (non-hydrogen) atoms. The van der Waals surface area contributed by atoms with E-state index in [2.05, 4.69) is 10.0 Å². The number of sulfonamides is 1. The van der Waals surface area contributed by atoms with E-state index >= 15 is 0 Å². The SMILES string of the molecule is CC(C)CNS(=O)(=O)c1ccc(OCC(=O)Nc2cccc([N+](=O)[O-])c2)c(Cl)c1. The van der Waals surface area contributed by atoms with E-state index in [4.69, 9.17) is 16.3 Å². The minimum Gasteiger partial charge on any atom is -0.482 e. The van der Waals surface area contributed by atoms with Crippen LogP contribution in [0.3, 0.4) is 0 Å². The number of hydrogen-bond donors (Lipinski definition) is 2. The predicted octanol–water partition coefficient (Wildman–Crippen LogP) is 3.20. The van der Waals surface area contributed by atoms with Crippen LogP contribution in [0.5, 0.6) is 5.75 Å². The van der Waals surface area contributed by atoms with Crippen LogP contribution >= 0.6 is 11.6 Å². The van der Waals surface area contributed by atoms with Crippen molar-refractivity contribution in [2.24, 2.45) is 5.92 Å². The fourth-order valence-electron chi connectivity index (χ4n) is 2.16. The fraction of sp³-hybridized carbons (Fsp3) is 0.278. The number of hydrogen-bond acceptors (Lipinski definition) is 6. The molecule has 1 amide bonds. The van der Waals surface area contributed by atoms with Crippen molar-refractivity contribution in [2.45, 2.75) is 18.7 Å². The second-order valence-corrected chi connectivity index (χ2v) is 8.66. The van der Waals surface area contributed by atoms with Gasteiger partial charge in [-0.3, -0.25) is 14.9 Å². The van der Waals surface area contributed by atoms with Gasteiger partial charge in [-0.15, -0.1) is 0 Å². The summed E-state index contributed by atoms with van der Waals surface area (Å²) in [6.07, 6.45) is 0. The van der Waals surface area contributed by atoms with Gasteiger partial charge in [-0.05, 0) is 30.2 Å². The van der Waals surface area contributed by atoms with Gasteiger partial charge in [0, 0.05) is 24.4 Å². The van der Waals surface area contributed by atoms with Crippen molar-refractivity contribution in [1.82, 2.24) is 4.72 Å². The van der Waals surface area contributed by atoms with E-state index in [9.17, 15) is 23.3 Å². The standard InChI is InChI=1S/C18H20ClN3O6S/c1-12(2)10-20-29(26,27)15-6-7-17(16(19)9-15)28-11-18(23)21-13-4-3-5-14(8-13)22(24)25/h3-9,12,20H,10-11H2,1-2H3,(H,21,23). The minimum atomic E-state index is -3.70. The van der Waals surface area contributed by atoms with Gasteiger partial charge in [0.15, 0.2) is 6.61 Å². The molecule has 2 aromatic carbocycles. The summed E-state index contributed by atoms with van der Waals surface area (Å²) in [6.45, 7) is 3.63. The molecule has 0 aromatic heterocycles. The number of non-ortho nitro benzene ring substituents is 1. The minimum absolute atomic E-state index is 0.0171. The number of benzene rings is 2. The Balaban J connectivity index is 1.99. The number of rotatable bonds is 9. The maximum absolute atomic E-state index is 12.2. The Labute approximate surface area is 173 Å². The maximum Gasteiger partial charge on any atom is 0.271 e. The lowest BCUT2D eigenvalue weighted by atomic mass is 10.2. The van der Waals surface area contributed by atoms with E-state index in [1.807, 2.05) is 13.8 Å². The van der Waals surface area contributed by atoms with Crippen LogP contribution < -0.4 is 14.8 Å². The molecule has 0 aliphatic carbocycles. The summed E-state index contributed by atoms with van der Waals surface area (Å²) in [7, 11) is -3.70. The van der Waals surface area contributed by atoms with Crippen LogP contribution in [0.25, 0.3) is 0 Å². The number of amides is 1. The largest absolute Gasteiger partial charge is 0.482 e. The van der Waals surface area contributed by atoms with Crippen molar-refractivity contribution in [3.63, 3.8) is 0 Å². The van der Waals surface area contributed by atoms with Gasteiger partial charge in [0.25, 0.3) is 11.6 Å². The van der Waals surface area contributed by atoms with E-state index in [-0.39, 0.29) is 39.5 Å². The number of halogens is 1. The Morgan fingerprint density at radius 3 is 2.59 bits per heavy atom. The van der Waals surface area contributed by atoms with Crippen molar-refractivity contribution in [1.29, 1.82) is 0 Å². The Morgan fingerprint density at radius 2 is 1.97 bits per heavy atom. The topological polar surface area (TPSA) is 128 Å². The summed E-state index contributed by atoms with van der Waals surface area (Å²) in [6, 6.07) is 9.37. The number of nitro groups is 1. The summed E-state index contributed by atoms with van der Waals surface area (Å²) in [5, 5.41) is 13.3. The normalized spacial score (nSPS) is 11.3. The van der Waals surface area contributed by atoms with Crippen LogP contribution in [0.4, 0.5) is 11.4 Å². The second-order valence-electron chi connectivity index (χ2n) is 6.48. The highest BCUT2D eigenvalue weighted by Gasteiger charge is 2.17. The lowest BCUT2D eigenvalue weighted by molar-refractivity contribution is -0.384. The van der Waals surface area contributed by atoms with E-state index in [1.165, 1.54) is 42.5 Å². The molecule has 2 N–H and O–H groups in total. The molecule has 11 heteroatoms. The highest BCUT2D eigenvalue weighted by Crippen LogP contribution is 2.27. The average molecular weight is 442 g/mol. The molecule has 0 heterocycles. The first kappa shape index (κ1) is 22.6. The van der Waals surface area contributed by atoms with Crippen molar-refractivity contribution in [2.75, 3.05) is 18.5 Å². The molecule has 0 bridgehead atoms. The summed E-state index contributed by atoms with van der Waals surface area (Å²) >= 11 is 6.07. The van der Waals surface area contributed by atoms with Crippen molar-refractivity contribution in [3.8, 4) is 5.75 Å². The molecule has 0 saturated carbocycles. The third-order valence-electron chi connectivity index (χ3n) is 3.59. The van der Waals surface area contributed by atoms with E-state index in [1.54, 1.807) is 0 Å². The Hall–Kier alpha value is -2.69. The smallest absolute Gasteiger partial charge is 0.271 e. The number of anilines is 1. The summed E-state index contributed by atoms with van der Waals surface area (Å²) in [5.41, 5.74) is 0.0891. The average Bonchev–Trinajstić information content (AvgIpc) is 2.65. The van der Waals surface area contributed by atoms with E-state index in [0.717, 1.165) is 0 Å². The second kappa shape index (κ2) is 9.68. The van der Waals surface area contributed by atoms with Crippen LogP contribution in [-0.4, -0.2) is 32.4 Å². The lowest BCUT2D eigenvalue weighted by Crippen LogP contribution is -2.27. The molecule has 0 saturated heterocycles. The van der Waals surface area contributed by atoms with Gasteiger partial charge in [-0.1, -0.05) is 31.5 Å². The van der Waals surface area contributed by atoms with Gasteiger partial charge < -0.3 is 10.1 Å². The van der Waals surface area contributed by atoms with E-state index in [0.29, 0.717) is 0 Å². The van der Waals surface area contributed by atoms with E-state index < -0.39 is 27.5 Å². The molecule has 0 aliphatic heterocycles. The summed E-state index contributed by atoms with van der Waals surface area (Å²) < 4.78 is 32.2. The van der Waals surface area contributed by atoms with Crippen molar-refractivity contribution < 1.29 is 22.9 Å². The lowest BCUT2D eigenvalue weighted by Gasteiger charge is -2.12. The molecule has 0 aliphatic rings. The predicted molar refractivity (Wildman–Crippen MR) is 109 cm³/mol. The molecule has 0 fully saturated rings. The molecular formula is C18H20ClN3O6S. The van der Waals surface area contributed by atoms with Gasteiger partial charge in [0.2, 0.25) is 10.0 Å². The first-order chi connectivity index (χ1) is 13.6. The zero-order chi connectivity index (χ0) is 21.6. The van der Waals surface area contributed by atoms with Crippen molar-refractivity contribution in [3.05, 3.63) is 57.6 Å². The van der Waals surface area contributed by atoms with Gasteiger partial charge in [0.1, 0.15) is 5.75 Å². The number of nitrogens with one attached hydrogen (secondary N) is 2. The Morgan fingerprint density at radius 1 is 1.24 bits per heavy atom. The zero-order valence-electron chi connectivity index (χ0n) is 15.7. The molecule has 2 rings (SSSR count). The number of carbonyl (C=O) groups excluding carboxylic acids is 1. The molecule has 0 radical (unpaired) electrons. The maximum atomic E-state index is 12.2. The molecule has 0 atom stereocenters. The highest BCUT2D eigenvalue weighted by molar-refractivity contribution is 7.89. The molecule has 0 unspecified atom stereocenters. The monoisotopic (exact) mass is 441 g/mol. The summed E-state index contributed by atoms with van der Waals surface area (Å²) in [5.74, 6) is -0.284. The van der Waals surface area contributed by atoms with Crippen molar-refractivity contribution >= 4 is 38.9 Å². The van der Waals surface area contributed by atoms with Crippen LogP contribution in [-0.2, 0) is 14.8 Å². The summed E-state index contributed by atoms with van der Waals surface area (Å²) in [4.78, 5) is 22.2. The van der Waals surface area contributed by atoms with Gasteiger partial charge in [-0.2, -0.15) is 0 Å². The van der Waals surface area contributed by atoms with Crippen LogP contribution in [0.15, 0.2) is 47.4 Å². The quantitative estimate of drug-likeness (QED) is 0.454. The molecular weight excluding hydrogens is 422 g/mol. The fourth-order valence-corrected chi connectivity index (χ4v) is 3.70. The zero-order valence-corrected chi connectivity index (χ0v) is 17.3. The molecule has 156 valence electrons. The first-order valence-corrected chi connectivity index (χ1v) is 10.4. The number of ether oxygens (including phenoxy) is 1. The van der Waals surface area contributed by atoms with Crippen LogP contribution in [0, 0.1) is 16.0 Å². The van der Waals surface area contributed by atoms with Crippen LogP contribution in [0.1, 0.15) is 13.8 Å². The molecule has 0 spiro atoms. The van der Waals surface area contributed by atoms with Crippen LogP contribution in [0.2, 0.25) is 5.02 Å². The first-order valence-electron chi connectivity index (χ1n) is 8.55. The number of nitrogens with zero attached hydrogens (tertiary/aromatic N) is 1. The van der Waals surface area contributed by atoms with Gasteiger partial charge in [-0.25, -0.2) is 13.1 Å². The van der Waals surface area contributed by atoms with Gasteiger partial charge in [0.05, 0.1) is 14.8 Å². The number of carbonyl (C=O) groups is 1. The Kier molecular flexibility index (Phi) is 7.54. The third kappa shape index (κ3) is 6.70. The Bertz CT molecular complexity index is 1010. The van der Waals surface area contributed by atoms with Gasteiger partial charge >= 0.3 is 0 Å². The highest BCUT2D eigenvalue weighted by atomic mass is 35.5. The number of nitro benzene ring substituents is 1. The molecule has 2 aromatic rings.